The number of rotatable bonds is 9. The predicted molar refractivity (Wildman–Crippen MR) is 161 cm³/mol. The zero-order valence-corrected chi connectivity index (χ0v) is 25.1. The lowest BCUT2D eigenvalue weighted by Gasteiger charge is -2.44. The van der Waals surface area contributed by atoms with Crippen LogP contribution in [0.2, 0.25) is 0 Å². The Morgan fingerprint density at radius 2 is 1.95 bits per heavy atom. The first-order chi connectivity index (χ1) is 17.9. The minimum absolute atomic E-state index is 0.0141. The van der Waals surface area contributed by atoms with Crippen LogP contribution in [0.5, 0.6) is 0 Å². The minimum Gasteiger partial charge on any atom is -0.372 e. The standard InChI is InChI=1S/C34H58N2O/c1-8-15-31-18-22-35(21-13-12-16-27(31)5)26-34(29(7)9-2)20-14-17-32(25-37-34)36-23-19-33(28(6)24-36)30(10-3)11-4/h8,10-11,28-29,32-33H,1,3,9,12-26H2,2,4-7H3/b30-11+,31-27-/t28?,29?,32?,33-,34+/m0/s1. The number of hydrogen-bond acceptors (Lipinski definition) is 3. The lowest BCUT2D eigenvalue weighted by Crippen LogP contribution is -2.51. The van der Waals surface area contributed by atoms with Crippen molar-refractivity contribution >= 4 is 0 Å². The fourth-order valence-electron chi connectivity index (χ4n) is 7.38. The molecule has 3 rings (SSSR count). The van der Waals surface area contributed by atoms with Crippen molar-refractivity contribution in [2.75, 3.05) is 39.3 Å². The van der Waals surface area contributed by atoms with E-state index in [0.717, 1.165) is 26.1 Å². The van der Waals surface area contributed by atoms with Gasteiger partial charge in [-0.15, -0.1) is 6.58 Å². The quantitative estimate of drug-likeness (QED) is 0.230. The van der Waals surface area contributed by atoms with Crippen molar-refractivity contribution in [1.29, 1.82) is 0 Å². The Bertz CT molecular complexity index is 798. The van der Waals surface area contributed by atoms with Crippen LogP contribution in [0.4, 0.5) is 0 Å². The maximum atomic E-state index is 7.12. The van der Waals surface area contributed by atoms with E-state index in [9.17, 15) is 0 Å². The number of likely N-dealkylation sites (tertiary alicyclic amines) is 1. The van der Waals surface area contributed by atoms with Crippen molar-refractivity contribution in [3.05, 3.63) is 48.1 Å². The molecule has 0 radical (unpaired) electrons. The fraction of sp³-hybridized carbons (Fsp3) is 0.765. The van der Waals surface area contributed by atoms with Gasteiger partial charge < -0.3 is 9.64 Å². The molecule has 37 heavy (non-hydrogen) atoms. The molecule has 0 saturated carbocycles. The van der Waals surface area contributed by atoms with Gasteiger partial charge in [0.2, 0.25) is 0 Å². The summed E-state index contributed by atoms with van der Waals surface area (Å²) in [4.78, 5) is 5.52. The van der Waals surface area contributed by atoms with Gasteiger partial charge in [0.1, 0.15) is 0 Å². The molecule has 3 heteroatoms. The normalized spacial score (nSPS) is 34.6. The number of hydrogen-bond donors (Lipinski definition) is 0. The van der Waals surface area contributed by atoms with Crippen molar-refractivity contribution < 1.29 is 4.74 Å². The Kier molecular flexibility index (Phi) is 12.2. The first kappa shape index (κ1) is 30.4. The summed E-state index contributed by atoms with van der Waals surface area (Å²) in [6.07, 6.45) is 18.7. The second kappa shape index (κ2) is 14.8. The van der Waals surface area contributed by atoms with E-state index in [1.165, 1.54) is 83.0 Å². The monoisotopic (exact) mass is 510 g/mol. The van der Waals surface area contributed by atoms with Gasteiger partial charge in [-0.3, -0.25) is 4.90 Å². The van der Waals surface area contributed by atoms with Crippen molar-refractivity contribution in [1.82, 2.24) is 9.80 Å². The number of allylic oxidation sites excluding steroid dienone is 5. The molecule has 3 heterocycles. The molecule has 3 aliphatic heterocycles. The molecule has 0 aliphatic carbocycles. The van der Waals surface area contributed by atoms with Crippen LogP contribution in [0.3, 0.4) is 0 Å². The Balaban J connectivity index is 1.68. The Morgan fingerprint density at radius 3 is 2.62 bits per heavy atom. The van der Waals surface area contributed by atoms with Crippen LogP contribution in [0.15, 0.2) is 48.1 Å². The Hall–Kier alpha value is -1.16. The van der Waals surface area contributed by atoms with Gasteiger partial charge in [-0.1, -0.05) is 63.1 Å². The first-order valence-corrected chi connectivity index (χ1v) is 15.5. The van der Waals surface area contributed by atoms with E-state index in [1.54, 1.807) is 11.1 Å². The fourth-order valence-corrected chi connectivity index (χ4v) is 7.38. The van der Waals surface area contributed by atoms with Crippen molar-refractivity contribution in [3.63, 3.8) is 0 Å². The topological polar surface area (TPSA) is 15.7 Å². The van der Waals surface area contributed by atoms with Crippen LogP contribution in [0.1, 0.15) is 98.8 Å². The average molecular weight is 511 g/mol. The summed E-state index contributed by atoms with van der Waals surface area (Å²) in [6.45, 7) is 26.6. The third-order valence-electron chi connectivity index (χ3n) is 10.2. The van der Waals surface area contributed by atoms with Crippen molar-refractivity contribution in [3.8, 4) is 0 Å². The molecule has 210 valence electrons. The van der Waals surface area contributed by atoms with Gasteiger partial charge in [-0.05, 0) is 108 Å². The van der Waals surface area contributed by atoms with Crippen LogP contribution >= 0.6 is 0 Å². The highest BCUT2D eigenvalue weighted by molar-refractivity contribution is 5.20. The van der Waals surface area contributed by atoms with E-state index in [0.29, 0.717) is 23.8 Å². The van der Waals surface area contributed by atoms with Crippen LogP contribution in [0, 0.1) is 17.8 Å². The van der Waals surface area contributed by atoms with Crippen LogP contribution in [-0.4, -0.2) is 60.8 Å². The summed E-state index contributed by atoms with van der Waals surface area (Å²) in [6, 6.07) is 0.562. The van der Waals surface area contributed by atoms with Gasteiger partial charge >= 0.3 is 0 Å². The average Bonchev–Trinajstić information content (AvgIpc) is 3.08. The summed E-state index contributed by atoms with van der Waals surface area (Å²) < 4.78 is 7.12. The molecule has 2 saturated heterocycles. The van der Waals surface area contributed by atoms with E-state index < -0.39 is 0 Å². The zero-order valence-electron chi connectivity index (χ0n) is 25.1. The van der Waals surface area contributed by atoms with Crippen molar-refractivity contribution in [2.24, 2.45) is 17.8 Å². The predicted octanol–water partition coefficient (Wildman–Crippen LogP) is 8.20. The van der Waals surface area contributed by atoms with E-state index in [-0.39, 0.29) is 5.60 Å². The highest BCUT2D eigenvalue weighted by Crippen LogP contribution is 2.38. The third-order valence-corrected chi connectivity index (χ3v) is 10.2. The van der Waals surface area contributed by atoms with Crippen LogP contribution in [-0.2, 0) is 4.74 Å². The largest absolute Gasteiger partial charge is 0.372 e. The molecule has 0 aromatic rings. The van der Waals surface area contributed by atoms with Gasteiger partial charge in [0, 0.05) is 25.7 Å². The molecule has 2 fully saturated rings. The second-order valence-electron chi connectivity index (χ2n) is 12.5. The summed E-state index contributed by atoms with van der Waals surface area (Å²) >= 11 is 0. The summed E-state index contributed by atoms with van der Waals surface area (Å²) in [5, 5.41) is 0. The molecule has 0 aromatic heterocycles. The molecule has 3 unspecified atom stereocenters. The third kappa shape index (κ3) is 7.93. The highest BCUT2D eigenvalue weighted by atomic mass is 16.5. The maximum absolute atomic E-state index is 7.12. The first-order valence-electron chi connectivity index (χ1n) is 15.5. The molecular weight excluding hydrogens is 452 g/mol. The van der Waals surface area contributed by atoms with Gasteiger partial charge in [-0.2, -0.15) is 0 Å². The molecule has 3 nitrogen and oxygen atoms in total. The molecule has 0 spiro atoms. The molecule has 0 aromatic carbocycles. The summed E-state index contributed by atoms with van der Waals surface area (Å²) in [5.41, 5.74) is 4.65. The van der Waals surface area contributed by atoms with E-state index in [4.69, 9.17) is 4.74 Å². The van der Waals surface area contributed by atoms with Gasteiger partial charge in [0.05, 0.1) is 12.2 Å². The lowest BCUT2D eigenvalue weighted by atomic mass is 9.80. The molecule has 5 atom stereocenters. The van der Waals surface area contributed by atoms with Gasteiger partial charge in [0.25, 0.3) is 0 Å². The molecule has 0 N–H and O–H groups in total. The number of ether oxygens (including phenoxy) is 1. The zero-order chi connectivity index (χ0) is 26.8. The molecule has 0 amide bonds. The lowest BCUT2D eigenvalue weighted by molar-refractivity contribution is -0.112. The SMILES string of the molecule is C=CC/C1=C(\C)CCCCN(C[C@@]2(C(C)CC)CCCC(N3CC[C@H](/C(C=C)=C/C)C(C)C3)CO2)CC1. The van der Waals surface area contributed by atoms with E-state index >= 15 is 0 Å². The van der Waals surface area contributed by atoms with Gasteiger partial charge in [-0.25, -0.2) is 0 Å². The summed E-state index contributed by atoms with van der Waals surface area (Å²) in [7, 11) is 0. The van der Waals surface area contributed by atoms with E-state index in [1.807, 2.05) is 0 Å². The molecule has 0 bridgehead atoms. The van der Waals surface area contributed by atoms with Crippen LogP contribution < -0.4 is 0 Å². The summed E-state index contributed by atoms with van der Waals surface area (Å²) in [5.74, 6) is 1.91. The minimum atomic E-state index is -0.0141. The number of piperidine rings is 1. The second-order valence-corrected chi connectivity index (χ2v) is 12.5. The Labute approximate surface area is 230 Å². The molecular formula is C34H58N2O. The highest BCUT2D eigenvalue weighted by Gasteiger charge is 2.41. The van der Waals surface area contributed by atoms with Gasteiger partial charge in [0.15, 0.2) is 0 Å². The Morgan fingerprint density at radius 1 is 1.14 bits per heavy atom. The van der Waals surface area contributed by atoms with Crippen molar-refractivity contribution in [2.45, 2.75) is 110 Å². The number of nitrogens with zero attached hydrogens (tertiary/aromatic N) is 2. The maximum Gasteiger partial charge on any atom is 0.0834 e. The van der Waals surface area contributed by atoms with Crippen LogP contribution in [0.25, 0.3) is 0 Å². The van der Waals surface area contributed by atoms with E-state index in [2.05, 4.69) is 75.8 Å². The molecule has 3 aliphatic rings. The smallest absolute Gasteiger partial charge is 0.0834 e.